The summed E-state index contributed by atoms with van der Waals surface area (Å²) >= 11 is 0. The van der Waals surface area contributed by atoms with Gasteiger partial charge in [0.15, 0.2) is 11.6 Å². The van der Waals surface area contributed by atoms with Crippen LogP contribution in [0.15, 0.2) is 12.5 Å². The second kappa shape index (κ2) is 10.2. The van der Waals surface area contributed by atoms with Crippen molar-refractivity contribution in [3.8, 4) is 11.8 Å². The largest absolute Gasteiger partial charge is 0.488 e. The Kier molecular flexibility index (Phi) is 7.26. The quantitative estimate of drug-likeness (QED) is 0.477. The van der Waals surface area contributed by atoms with Crippen LogP contribution in [0.25, 0.3) is 0 Å². The topological polar surface area (TPSA) is 141 Å². The summed E-state index contributed by atoms with van der Waals surface area (Å²) in [6, 6.07) is -0.245. The van der Waals surface area contributed by atoms with Crippen LogP contribution < -0.4 is 25.4 Å². The Bertz CT molecular complexity index is 1080. The molecule has 1 saturated heterocycles. The Hall–Kier alpha value is -3.52. The number of ether oxygens (including phenoxy) is 2. The van der Waals surface area contributed by atoms with Crippen molar-refractivity contribution in [3.05, 3.63) is 18.3 Å². The van der Waals surface area contributed by atoms with E-state index in [9.17, 15) is 22.4 Å². The molecule has 1 aliphatic heterocycles. The standard InChI is InChI=1S/C21H26F4N8O3/c1-20(22)6-13(20)9-36-19-31-16(17(34)28-10-21(23,24)25)30-18(32-19)33-4-2-12(3-5-33)8-35-14-7-27-11-29-15(14)26/h7,11-13H,2-6,8-10H2,1H3,(H,28,34)(H2,26,27,29). The minimum absolute atomic E-state index is 0.0220. The number of nitrogens with one attached hydrogen (secondary N) is 1. The molecule has 11 nitrogen and oxygen atoms in total. The fraction of sp³-hybridized carbons (Fsp3) is 0.619. The monoisotopic (exact) mass is 514 g/mol. The molecule has 3 N–H and O–H groups in total. The van der Waals surface area contributed by atoms with Crippen molar-refractivity contribution < 1.29 is 31.8 Å². The van der Waals surface area contributed by atoms with Gasteiger partial charge >= 0.3 is 12.2 Å². The molecule has 2 aliphatic rings. The average Bonchev–Trinajstić information content (AvgIpc) is 3.46. The molecule has 3 heterocycles. The predicted octanol–water partition coefficient (Wildman–Crippen LogP) is 1.96. The summed E-state index contributed by atoms with van der Waals surface area (Å²) < 4.78 is 62.7. The third kappa shape index (κ3) is 6.79. The molecule has 0 radical (unpaired) electrons. The van der Waals surface area contributed by atoms with Crippen LogP contribution in [-0.2, 0) is 0 Å². The van der Waals surface area contributed by atoms with Gasteiger partial charge in [-0.25, -0.2) is 14.4 Å². The van der Waals surface area contributed by atoms with Crippen LogP contribution in [0, 0.1) is 11.8 Å². The number of amides is 1. The molecular weight excluding hydrogens is 488 g/mol. The van der Waals surface area contributed by atoms with Gasteiger partial charge in [-0.15, -0.1) is 0 Å². The summed E-state index contributed by atoms with van der Waals surface area (Å²) in [5.74, 6) is -1.05. The lowest BCUT2D eigenvalue weighted by molar-refractivity contribution is -0.123. The summed E-state index contributed by atoms with van der Waals surface area (Å²) in [4.78, 5) is 34.0. The fourth-order valence-electron chi connectivity index (χ4n) is 3.69. The molecule has 0 aromatic carbocycles. The highest BCUT2D eigenvalue weighted by atomic mass is 19.4. The zero-order valence-corrected chi connectivity index (χ0v) is 19.5. The first-order chi connectivity index (χ1) is 17.0. The van der Waals surface area contributed by atoms with E-state index in [0.717, 1.165) is 0 Å². The minimum Gasteiger partial charge on any atom is -0.488 e. The van der Waals surface area contributed by atoms with Crippen LogP contribution in [0.3, 0.4) is 0 Å². The molecule has 4 rings (SSSR count). The van der Waals surface area contributed by atoms with E-state index in [1.54, 1.807) is 10.2 Å². The van der Waals surface area contributed by atoms with Gasteiger partial charge in [0.25, 0.3) is 5.91 Å². The number of nitrogens with two attached hydrogens (primary N) is 1. The molecule has 36 heavy (non-hydrogen) atoms. The lowest BCUT2D eigenvalue weighted by Gasteiger charge is -2.32. The molecule has 1 amide bonds. The van der Waals surface area contributed by atoms with Crippen molar-refractivity contribution in [3.63, 3.8) is 0 Å². The molecule has 2 aromatic heterocycles. The van der Waals surface area contributed by atoms with Crippen LogP contribution in [-0.4, -0.2) is 75.5 Å². The first kappa shape index (κ1) is 25.6. The Balaban J connectivity index is 1.40. The number of anilines is 2. The maximum absolute atomic E-state index is 13.8. The number of nitrogen functional groups attached to an aromatic ring is 1. The maximum Gasteiger partial charge on any atom is 0.405 e. The SMILES string of the molecule is CC1(F)CC1COc1nc(C(=O)NCC(F)(F)F)nc(N2CCC(COc3cncnc3N)CC2)n1. The molecule has 2 unspecified atom stereocenters. The predicted molar refractivity (Wildman–Crippen MR) is 118 cm³/mol. The van der Waals surface area contributed by atoms with E-state index in [1.165, 1.54) is 19.4 Å². The highest BCUT2D eigenvalue weighted by Crippen LogP contribution is 2.46. The van der Waals surface area contributed by atoms with E-state index < -0.39 is 30.1 Å². The van der Waals surface area contributed by atoms with Gasteiger partial charge in [0, 0.05) is 19.0 Å². The minimum atomic E-state index is -4.59. The molecule has 15 heteroatoms. The van der Waals surface area contributed by atoms with Gasteiger partial charge in [0.05, 0.1) is 19.4 Å². The van der Waals surface area contributed by atoms with E-state index >= 15 is 0 Å². The molecule has 2 atom stereocenters. The number of halogens is 4. The van der Waals surface area contributed by atoms with Crippen LogP contribution in [0.4, 0.5) is 29.3 Å². The zero-order valence-electron chi connectivity index (χ0n) is 19.5. The molecule has 2 fully saturated rings. The van der Waals surface area contributed by atoms with E-state index in [0.29, 0.717) is 44.7 Å². The van der Waals surface area contributed by atoms with Gasteiger partial charge in [-0.3, -0.25) is 4.79 Å². The van der Waals surface area contributed by atoms with E-state index in [2.05, 4.69) is 24.9 Å². The highest BCUT2D eigenvalue weighted by molar-refractivity contribution is 5.90. The van der Waals surface area contributed by atoms with Crippen molar-refractivity contribution in [2.24, 2.45) is 11.8 Å². The Morgan fingerprint density at radius 3 is 2.58 bits per heavy atom. The number of hydrogen-bond donors (Lipinski definition) is 2. The Morgan fingerprint density at radius 1 is 1.22 bits per heavy atom. The van der Waals surface area contributed by atoms with Crippen LogP contribution >= 0.6 is 0 Å². The van der Waals surface area contributed by atoms with Gasteiger partial charge in [0.2, 0.25) is 11.8 Å². The number of hydrogen-bond acceptors (Lipinski definition) is 10. The first-order valence-electron chi connectivity index (χ1n) is 11.4. The van der Waals surface area contributed by atoms with E-state index in [-0.39, 0.29) is 36.2 Å². The molecule has 1 aliphatic carbocycles. The molecule has 0 spiro atoms. The summed E-state index contributed by atoms with van der Waals surface area (Å²) in [5, 5.41) is 1.74. The Labute approximate surface area is 203 Å². The van der Waals surface area contributed by atoms with Crippen molar-refractivity contribution in [2.75, 3.05) is 43.5 Å². The van der Waals surface area contributed by atoms with Gasteiger partial charge in [0.1, 0.15) is 18.5 Å². The van der Waals surface area contributed by atoms with Crippen molar-refractivity contribution in [1.82, 2.24) is 30.2 Å². The number of aromatic nitrogens is 5. The number of nitrogens with zero attached hydrogens (tertiary/aromatic N) is 6. The number of piperidine rings is 1. The Morgan fingerprint density at radius 2 is 1.94 bits per heavy atom. The third-order valence-corrected chi connectivity index (χ3v) is 6.09. The van der Waals surface area contributed by atoms with Crippen molar-refractivity contribution in [1.29, 1.82) is 0 Å². The second-order valence-electron chi connectivity index (χ2n) is 9.04. The maximum atomic E-state index is 13.8. The normalized spacial score (nSPS) is 22.2. The van der Waals surface area contributed by atoms with E-state index in [1.807, 2.05) is 0 Å². The molecule has 1 saturated carbocycles. The number of rotatable bonds is 9. The number of carbonyl (C=O) groups is 1. The first-order valence-corrected chi connectivity index (χ1v) is 11.4. The molecule has 0 bridgehead atoms. The molecule has 196 valence electrons. The highest BCUT2D eigenvalue weighted by Gasteiger charge is 2.51. The summed E-state index contributed by atoms with van der Waals surface area (Å²) in [7, 11) is 0. The smallest absolute Gasteiger partial charge is 0.405 e. The lowest BCUT2D eigenvalue weighted by atomic mass is 9.98. The second-order valence-corrected chi connectivity index (χ2v) is 9.04. The van der Waals surface area contributed by atoms with Gasteiger partial charge in [-0.2, -0.15) is 28.1 Å². The van der Waals surface area contributed by atoms with Gasteiger partial charge < -0.3 is 25.4 Å². The van der Waals surface area contributed by atoms with Crippen LogP contribution in [0.1, 0.15) is 36.8 Å². The van der Waals surface area contributed by atoms with Gasteiger partial charge in [-0.05, 0) is 32.1 Å². The van der Waals surface area contributed by atoms with Crippen LogP contribution in [0.5, 0.6) is 11.8 Å². The van der Waals surface area contributed by atoms with Crippen molar-refractivity contribution in [2.45, 2.75) is 38.0 Å². The molecular formula is C21H26F4N8O3. The number of alkyl halides is 4. The van der Waals surface area contributed by atoms with E-state index in [4.69, 9.17) is 15.2 Å². The zero-order chi connectivity index (χ0) is 25.9. The summed E-state index contributed by atoms with van der Waals surface area (Å²) in [6.45, 7) is 1.27. The number of carbonyl (C=O) groups excluding carboxylic acids is 1. The van der Waals surface area contributed by atoms with Crippen molar-refractivity contribution >= 4 is 17.7 Å². The fourth-order valence-corrected chi connectivity index (χ4v) is 3.69. The average molecular weight is 514 g/mol. The van der Waals surface area contributed by atoms with Gasteiger partial charge in [-0.1, -0.05) is 0 Å². The summed E-state index contributed by atoms with van der Waals surface area (Å²) in [5.41, 5.74) is 4.42. The summed E-state index contributed by atoms with van der Waals surface area (Å²) in [6.07, 6.45) is -0.0853. The molecule has 2 aromatic rings. The lowest BCUT2D eigenvalue weighted by Crippen LogP contribution is -2.38. The van der Waals surface area contributed by atoms with Crippen LogP contribution in [0.2, 0.25) is 0 Å². The third-order valence-electron chi connectivity index (χ3n) is 6.09.